The van der Waals surface area contributed by atoms with Gasteiger partial charge in [0.25, 0.3) is 5.91 Å². The number of ether oxygens (including phenoxy) is 2. The molecule has 2 aromatic carbocycles. The molecule has 2 heterocycles. The minimum Gasteiger partial charge on any atom is -0.490 e. The zero-order valence-electron chi connectivity index (χ0n) is 17.9. The van der Waals surface area contributed by atoms with Gasteiger partial charge in [0, 0.05) is 12.1 Å². The second kappa shape index (κ2) is 7.85. The van der Waals surface area contributed by atoms with Gasteiger partial charge in [0.15, 0.2) is 11.5 Å². The molecule has 5 rings (SSSR count). The molecular weight excluding hydrogens is 410 g/mol. The first-order valence-electron chi connectivity index (χ1n) is 10.9. The van der Waals surface area contributed by atoms with Crippen molar-refractivity contribution in [1.82, 2.24) is 10.2 Å². The van der Waals surface area contributed by atoms with Crippen molar-refractivity contribution in [1.29, 1.82) is 0 Å². The first kappa shape index (κ1) is 20.4. The van der Waals surface area contributed by atoms with Crippen molar-refractivity contribution in [2.24, 2.45) is 0 Å². The van der Waals surface area contributed by atoms with Gasteiger partial charge in [-0.2, -0.15) is 0 Å². The van der Waals surface area contributed by atoms with E-state index in [9.17, 15) is 14.4 Å². The van der Waals surface area contributed by atoms with Crippen LogP contribution in [0.4, 0.5) is 10.5 Å². The van der Waals surface area contributed by atoms with Gasteiger partial charge >= 0.3 is 6.03 Å². The molecule has 1 saturated heterocycles. The summed E-state index contributed by atoms with van der Waals surface area (Å²) < 4.78 is 11.4. The number of amides is 4. The van der Waals surface area contributed by atoms with Crippen LogP contribution in [0.1, 0.15) is 36.5 Å². The number of benzene rings is 2. The number of imide groups is 1. The van der Waals surface area contributed by atoms with Crippen molar-refractivity contribution in [3.8, 4) is 11.5 Å². The Morgan fingerprint density at radius 3 is 2.66 bits per heavy atom. The summed E-state index contributed by atoms with van der Waals surface area (Å²) in [7, 11) is 0. The molecule has 1 atom stereocenters. The maximum absolute atomic E-state index is 13.2. The van der Waals surface area contributed by atoms with E-state index in [1.54, 1.807) is 25.1 Å². The number of rotatable bonds is 4. The van der Waals surface area contributed by atoms with Gasteiger partial charge in [-0.3, -0.25) is 14.5 Å². The van der Waals surface area contributed by atoms with E-state index in [-0.39, 0.29) is 6.54 Å². The first-order chi connectivity index (χ1) is 15.4. The van der Waals surface area contributed by atoms with Crippen LogP contribution in [-0.4, -0.2) is 42.5 Å². The molecule has 1 unspecified atom stereocenters. The molecule has 2 N–H and O–H groups in total. The number of carbonyl (C=O) groups is 3. The molecule has 8 nitrogen and oxygen atoms in total. The number of anilines is 1. The summed E-state index contributed by atoms with van der Waals surface area (Å²) in [6.45, 7) is 2.35. The highest BCUT2D eigenvalue weighted by Gasteiger charge is 2.49. The van der Waals surface area contributed by atoms with Gasteiger partial charge in [-0.15, -0.1) is 0 Å². The molecule has 0 saturated carbocycles. The van der Waals surface area contributed by atoms with Crippen molar-refractivity contribution < 1.29 is 23.9 Å². The van der Waals surface area contributed by atoms with Crippen LogP contribution in [-0.2, 0) is 28.0 Å². The molecule has 2 aliphatic heterocycles. The summed E-state index contributed by atoms with van der Waals surface area (Å²) in [6.07, 6.45) is 3.95. The monoisotopic (exact) mass is 435 g/mol. The second-order valence-electron chi connectivity index (χ2n) is 8.54. The summed E-state index contributed by atoms with van der Waals surface area (Å²) in [5.41, 5.74) is 2.49. The molecule has 0 spiro atoms. The van der Waals surface area contributed by atoms with Gasteiger partial charge in [-0.1, -0.05) is 12.1 Å². The van der Waals surface area contributed by atoms with Crippen molar-refractivity contribution in [2.75, 3.05) is 25.1 Å². The van der Waals surface area contributed by atoms with Gasteiger partial charge in [0.05, 0.1) is 13.2 Å². The lowest BCUT2D eigenvalue weighted by Gasteiger charge is -2.23. The molecular formula is C24H25N3O5. The predicted octanol–water partition coefficient (Wildman–Crippen LogP) is 2.74. The lowest BCUT2D eigenvalue weighted by Crippen LogP contribution is -2.42. The van der Waals surface area contributed by atoms with E-state index in [0.717, 1.165) is 30.6 Å². The van der Waals surface area contributed by atoms with Crippen LogP contribution in [0.3, 0.4) is 0 Å². The first-order valence-corrected chi connectivity index (χ1v) is 10.9. The molecule has 4 amide bonds. The number of hydrogen-bond donors (Lipinski definition) is 2. The Morgan fingerprint density at radius 1 is 1.03 bits per heavy atom. The highest BCUT2D eigenvalue weighted by Crippen LogP contribution is 2.36. The summed E-state index contributed by atoms with van der Waals surface area (Å²) >= 11 is 0. The summed E-state index contributed by atoms with van der Waals surface area (Å²) in [5.74, 6) is 0.240. The van der Waals surface area contributed by atoms with Crippen molar-refractivity contribution in [2.45, 2.75) is 38.1 Å². The fraction of sp³-hybridized carbons (Fsp3) is 0.375. The Balaban J connectivity index is 1.31. The van der Waals surface area contributed by atoms with E-state index < -0.39 is 23.4 Å². The minimum atomic E-state index is -1.30. The topological polar surface area (TPSA) is 97.0 Å². The largest absolute Gasteiger partial charge is 0.490 e. The van der Waals surface area contributed by atoms with Gasteiger partial charge in [-0.25, -0.2) is 4.79 Å². The predicted molar refractivity (Wildman–Crippen MR) is 117 cm³/mol. The highest BCUT2D eigenvalue weighted by atomic mass is 16.5. The number of carbonyl (C=O) groups excluding carboxylic acids is 3. The molecule has 3 aliphatic rings. The van der Waals surface area contributed by atoms with Crippen LogP contribution in [0.5, 0.6) is 11.5 Å². The second-order valence-corrected chi connectivity index (χ2v) is 8.54. The van der Waals surface area contributed by atoms with Crippen LogP contribution < -0.4 is 20.1 Å². The number of nitrogens with one attached hydrogen (secondary N) is 2. The molecule has 8 heteroatoms. The number of urea groups is 1. The molecule has 166 valence electrons. The molecule has 1 aliphatic carbocycles. The third kappa shape index (κ3) is 3.55. The molecule has 2 aromatic rings. The van der Waals surface area contributed by atoms with E-state index >= 15 is 0 Å². The molecule has 0 radical (unpaired) electrons. The Bertz CT molecular complexity index is 1110. The van der Waals surface area contributed by atoms with E-state index in [2.05, 4.69) is 10.6 Å². The highest BCUT2D eigenvalue weighted by molar-refractivity contribution is 6.10. The molecule has 32 heavy (non-hydrogen) atoms. The third-order valence-corrected chi connectivity index (χ3v) is 6.28. The van der Waals surface area contributed by atoms with Crippen LogP contribution in [0.25, 0.3) is 0 Å². The van der Waals surface area contributed by atoms with E-state index in [4.69, 9.17) is 9.47 Å². The number of aryl methyl sites for hydroxylation is 2. The average Bonchev–Trinajstić information content (AvgIpc) is 3.22. The van der Waals surface area contributed by atoms with Crippen LogP contribution in [0.15, 0.2) is 36.4 Å². The van der Waals surface area contributed by atoms with Crippen LogP contribution in [0.2, 0.25) is 0 Å². The third-order valence-electron chi connectivity index (χ3n) is 6.28. The van der Waals surface area contributed by atoms with E-state index in [1.807, 2.05) is 18.2 Å². The SMILES string of the molecule is CC1(c2ccc3c(c2)OCCCO3)NC(=O)N(CC(=O)Nc2ccc3c(c2)CCC3)C1=O. The summed E-state index contributed by atoms with van der Waals surface area (Å²) in [6, 6.07) is 10.4. The molecule has 1 fully saturated rings. The van der Waals surface area contributed by atoms with Gasteiger partial charge in [0.2, 0.25) is 5.91 Å². The number of nitrogens with zero attached hydrogens (tertiary/aromatic N) is 1. The van der Waals surface area contributed by atoms with Crippen LogP contribution in [0, 0.1) is 0 Å². The summed E-state index contributed by atoms with van der Waals surface area (Å²) in [5, 5.41) is 5.54. The lowest BCUT2D eigenvalue weighted by molar-refractivity contribution is -0.133. The van der Waals surface area contributed by atoms with Gasteiger partial charge < -0.3 is 20.1 Å². The van der Waals surface area contributed by atoms with Crippen molar-refractivity contribution in [3.63, 3.8) is 0 Å². The Kier molecular flexibility index (Phi) is 5.00. The van der Waals surface area contributed by atoms with E-state index in [0.29, 0.717) is 36.0 Å². The minimum absolute atomic E-state index is 0.359. The van der Waals surface area contributed by atoms with Crippen molar-refractivity contribution in [3.05, 3.63) is 53.1 Å². The quantitative estimate of drug-likeness (QED) is 0.720. The summed E-state index contributed by atoms with van der Waals surface area (Å²) in [4.78, 5) is 39.4. The van der Waals surface area contributed by atoms with Crippen molar-refractivity contribution >= 4 is 23.5 Å². The lowest BCUT2D eigenvalue weighted by atomic mass is 9.91. The van der Waals surface area contributed by atoms with Gasteiger partial charge in [0.1, 0.15) is 12.1 Å². The normalized spacial score (nSPS) is 21.7. The maximum atomic E-state index is 13.2. The maximum Gasteiger partial charge on any atom is 0.325 e. The zero-order valence-corrected chi connectivity index (χ0v) is 17.9. The van der Waals surface area contributed by atoms with Crippen LogP contribution >= 0.6 is 0 Å². The molecule has 0 bridgehead atoms. The Morgan fingerprint density at radius 2 is 1.81 bits per heavy atom. The fourth-order valence-corrected chi connectivity index (χ4v) is 4.50. The molecule has 0 aromatic heterocycles. The number of fused-ring (bicyclic) bond motifs is 2. The Labute approximate surface area is 185 Å². The zero-order chi connectivity index (χ0) is 22.3. The van der Waals surface area contributed by atoms with E-state index in [1.165, 1.54) is 11.1 Å². The number of hydrogen-bond acceptors (Lipinski definition) is 5. The standard InChI is InChI=1S/C24H25N3O5/c1-24(17-7-9-19-20(13-17)32-11-3-10-31-19)22(29)27(23(30)26-24)14-21(28)25-18-8-6-15-4-2-5-16(15)12-18/h6-9,12-13H,2-5,10-11,14H2,1H3,(H,25,28)(H,26,30). The van der Waals surface area contributed by atoms with Gasteiger partial charge in [-0.05, 0) is 67.1 Å². The smallest absolute Gasteiger partial charge is 0.325 e. The average molecular weight is 435 g/mol. The Hall–Kier alpha value is -3.55. The fourth-order valence-electron chi connectivity index (χ4n) is 4.50.